The van der Waals surface area contributed by atoms with Gasteiger partial charge >= 0.3 is 0 Å². The first kappa shape index (κ1) is 39.6. The summed E-state index contributed by atoms with van der Waals surface area (Å²) in [6, 6.07) is 30.9. The lowest BCUT2D eigenvalue weighted by Crippen LogP contribution is -2.53. The molecule has 2 N–H and O–H groups in total. The van der Waals surface area contributed by atoms with Crippen LogP contribution in [0.2, 0.25) is 5.02 Å². The lowest BCUT2D eigenvalue weighted by atomic mass is 9.49. The number of imide groups is 2. The first-order valence-electron chi connectivity index (χ1n) is 19.8. The van der Waals surface area contributed by atoms with Gasteiger partial charge in [-0.1, -0.05) is 35.4 Å². The number of amides is 4. The molecule has 2 saturated heterocycles. The topological polar surface area (TPSA) is 144 Å². The smallest absolute Gasteiger partial charge is 0.260 e. The number of hydrazine groups is 1. The molecule has 2 aliphatic carbocycles. The van der Waals surface area contributed by atoms with Crippen molar-refractivity contribution in [3.63, 3.8) is 0 Å². The first-order chi connectivity index (χ1) is 29.4. The Morgan fingerprint density at radius 3 is 2.11 bits per heavy atom. The van der Waals surface area contributed by atoms with Crippen molar-refractivity contribution in [1.82, 2.24) is 5.01 Å². The van der Waals surface area contributed by atoms with Crippen LogP contribution in [0.15, 0.2) is 137 Å². The van der Waals surface area contributed by atoms with Crippen LogP contribution < -0.4 is 20.0 Å². The molecule has 4 amide bonds. The molecular formula is C47H40ClFN6O6. The summed E-state index contributed by atoms with van der Waals surface area (Å²) in [6.07, 6.45) is 2.11. The van der Waals surface area contributed by atoms with E-state index in [1.807, 2.05) is 49.3 Å². The third-order valence-electron chi connectivity index (χ3n) is 12.6. The molecule has 5 aromatic carbocycles. The fourth-order valence-electron chi connectivity index (χ4n) is 9.75. The van der Waals surface area contributed by atoms with Crippen molar-refractivity contribution in [2.75, 3.05) is 36.4 Å². The molecule has 4 aliphatic rings. The van der Waals surface area contributed by atoms with Gasteiger partial charge in [-0.05, 0) is 127 Å². The Hall–Kier alpha value is -6.86. The van der Waals surface area contributed by atoms with Crippen LogP contribution in [0.4, 0.5) is 32.8 Å². The van der Waals surface area contributed by atoms with Crippen LogP contribution in [0.1, 0.15) is 29.9 Å². The summed E-state index contributed by atoms with van der Waals surface area (Å²) in [7, 11) is 5.39. The van der Waals surface area contributed by atoms with Crippen LogP contribution in [0.25, 0.3) is 0 Å². The van der Waals surface area contributed by atoms with Crippen molar-refractivity contribution in [3.05, 3.63) is 149 Å². The zero-order chi connectivity index (χ0) is 42.7. The monoisotopic (exact) mass is 838 g/mol. The van der Waals surface area contributed by atoms with E-state index in [4.69, 9.17) is 16.3 Å². The van der Waals surface area contributed by atoms with Gasteiger partial charge in [-0.25, -0.2) is 4.39 Å². The number of allylic oxidation sites excluding steroid dienone is 2. The number of carbonyl (C=O) groups excluding carboxylic acids is 4. The number of aromatic hydroxyl groups is 1. The number of anilines is 3. The summed E-state index contributed by atoms with van der Waals surface area (Å²) < 4.78 is 19.6. The van der Waals surface area contributed by atoms with Crippen LogP contribution >= 0.6 is 11.6 Å². The van der Waals surface area contributed by atoms with E-state index in [-0.39, 0.29) is 24.5 Å². The number of fused-ring (bicyclic) bond motifs is 4. The number of azo groups is 1. The van der Waals surface area contributed by atoms with E-state index in [0.717, 1.165) is 10.7 Å². The number of hydrogen-bond acceptors (Lipinski definition) is 10. The Bertz CT molecular complexity index is 2640. The van der Waals surface area contributed by atoms with Gasteiger partial charge in [0.05, 0.1) is 53.0 Å². The molecule has 14 heteroatoms. The summed E-state index contributed by atoms with van der Waals surface area (Å²) >= 11 is 6.39. The second-order valence-electron chi connectivity index (χ2n) is 15.9. The number of halogens is 2. The van der Waals surface area contributed by atoms with Gasteiger partial charge in [-0.15, -0.1) is 0 Å². The van der Waals surface area contributed by atoms with E-state index >= 15 is 4.79 Å². The maximum Gasteiger partial charge on any atom is 0.260 e. The van der Waals surface area contributed by atoms with Crippen LogP contribution in [0.5, 0.6) is 11.5 Å². The Kier molecular flexibility index (Phi) is 9.94. The second kappa shape index (κ2) is 15.3. The van der Waals surface area contributed by atoms with Crippen molar-refractivity contribution in [1.29, 1.82) is 0 Å². The van der Waals surface area contributed by atoms with E-state index in [1.165, 1.54) is 42.3 Å². The summed E-state index contributed by atoms with van der Waals surface area (Å²) in [4.78, 5) is 62.6. The van der Waals surface area contributed by atoms with Gasteiger partial charge in [0.1, 0.15) is 17.3 Å². The molecule has 2 heterocycles. The molecular weight excluding hydrogens is 799 g/mol. The highest BCUT2D eigenvalue weighted by Crippen LogP contribution is 2.65. The van der Waals surface area contributed by atoms with Gasteiger partial charge < -0.3 is 14.7 Å². The van der Waals surface area contributed by atoms with Crippen molar-refractivity contribution in [2.24, 2.45) is 33.9 Å². The maximum atomic E-state index is 15.4. The van der Waals surface area contributed by atoms with E-state index in [0.29, 0.717) is 50.2 Å². The van der Waals surface area contributed by atoms with E-state index in [1.54, 1.807) is 60.7 Å². The molecule has 9 rings (SSSR count). The number of methoxy groups -OCH3 is 1. The number of nitrogens with zero attached hydrogens (tertiary/aromatic N) is 5. The molecule has 5 aromatic rings. The molecule has 6 unspecified atom stereocenters. The average Bonchev–Trinajstić information content (AvgIpc) is 3.65. The predicted octanol–water partition coefficient (Wildman–Crippen LogP) is 8.86. The fourth-order valence-corrected chi connectivity index (χ4v) is 9.87. The van der Waals surface area contributed by atoms with Crippen LogP contribution in [0, 0.1) is 29.5 Å². The molecule has 0 radical (unpaired) electrons. The summed E-state index contributed by atoms with van der Waals surface area (Å²) in [5.74, 6) is -6.64. The average molecular weight is 839 g/mol. The number of hydrogen-bond donors (Lipinski definition) is 2. The molecule has 12 nitrogen and oxygen atoms in total. The normalized spacial score (nSPS) is 24.4. The van der Waals surface area contributed by atoms with Gasteiger partial charge in [0.25, 0.3) is 11.8 Å². The van der Waals surface area contributed by atoms with Gasteiger partial charge in [-0.3, -0.25) is 29.5 Å². The second-order valence-corrected chi connectivity index (χ2v) is 16.4. The van der Waals surface area contributed by atoms with Gasteiger partial charge in [0.2, 0.25) is 11.8 Å². The molecule has 3 fully saturated rings. The highest BCUT2D eigenvalue weighted by molar-refractivity contribution is 6.30. The van der Waals surface area contributed by atoms with Gasteiger partial charge in [0.15, 0.2) is 0 Å². The number of phenols is 1. The highest BCUT2D eigenvalue weighted by Gasteiger charge is 2.70. The Balaban J connectivity index is 1.12. The van der Waals surface area contributed by atoms with E-state index in [2.05, 4.69) is 15.7 Å². The number of ether oxygens (including phenoxy) is 1. The predicted molar refractivity (Wildman–Crippen MR) is 228 cm³/mol. The molecule has 0 bridgehead atoms. The third kappa shape index (κ3) is 6.51. The third-order valence-corrected chi connectivity index (χ3v) is 12.8. The Morgan fingerprint density at radius 2 is 1.48 bits per heavy atom. The van der Waals surface area contributed by atoms with E-state index < -0.39 is 58.5 Å². The largest absolute Gasteiger partial charge is 0.508 e. The number of nitrogens with one attached hydrogen (secondary N) is 1. The standard InChI is InChI=1S/C47H40ClFN6O6/c1-53(2)32-16-12-29(13-17-32)50-51-30-14-18-33(19-15-30)54-43(57)36-22-21-35-37(41(36)45(54)59)25-39-44(58)55(52-31-10-8-28(49)9-11-31)46(60)47(39,26-4-6-27(48)7-5-26)42(35)38-24-34(61-3)20-23-40(38)56/h4-21,23-24,36-37,39,41-42,52,56H,22,25H2,1-3H3. The summed E-state index contributed by atoms with van der Waals surface area (Å²) in [6.45, 7) is 0. The minimum Gasteiger partial charge on any atom is -0.508 e. The van der Waals surface area contributed by atoms with Crippen LogP contribution in [-0.2, 0) is 24.6 Å². The van der Waals surface area contributed by atoms with Gasteiger partial charge in [0, 0.05) is 36.3 Å². The van der Waals surface area contributed by atoms with Crippen LogP contribution in [-0.4, -0.2) is 54.9 Å². The number of rotatable bonds is 9. The lowest BCUT2D eigenvalue weighted by molar-refractivity contribution is -0.138. The fraction of sp³-hybridized carbons (Fsp3) is 0.234. The zero-order valence-corrected chi connectivity index (χ0v) is 34.1. The molecule has 0 spiro atoms. The molecule has 2 aliphatic heterocycles. The minimum atomic E-state index is -1.67. The number of carbonyl (C=O) groups is 4. The first-order valence-corrected chi connectivity index (χ1v) is 20.2. The quantitative estimate of drug-likeness (QED) is 0.0852. The SMILES string of the molecule is COc1ccc(O)c(C2C3=CCC4C(=O)N(c5ccc(N=Nc6ccc(N(C)C)cc6)cc5)C(=O)C4C3CC3C(=O)N(Nc4ccc(F)cc4)C(=O)C32c2ccc(Cl)cc2)c1. The maximum absolute atomic E-state index is 15.4. The van der Waals surface area contributed by atoms with Crippen molar-refractivity contribution in [3.8, 4) is 11.5 Å². The summed E-state index contributed by atoms with van der Waals surface area (Å²) in [5.41, 5.74) is 5.57. The molecule has 0 aromatic heterocycles. The summed E-state index contributed by atoms with van der Waals surface area (Å²) in [5, 5.41) is 21.7. The Morgan fingerprint density at radius 1 is 0.820 bits per heavy atom. The molecule has 6 atom stereocenters. The Labute approximate surface area is 355 Å². The van der Waals surface area contributed by atoms with Gasteiger partial charge in [-0.2, -0.15) is 15.2 Å². The van der Waals surface area contributed by atoms with Crippen molar-refractivity contribution in [2.45, 2.75) is 24.2 Å². The highest BCUT2D eigenvalue weighted by atomic mass is 35.5. The zero-order valence-electron chi connectivity index (χ0n) is 33.3. The van der Waals surface area contributed by atoms with Crippen molar-refractivity contribution < 1.29 is 33.4 Å². The van der Waals surface area contributed by atoms with E-state index in [9.17, 15) is 23.9 Å². The molecule has 308 valence electrons. The van der Waals surface area contributed by atoms with Crippen LogP contribution in [0.3, 0.4) is 0 Å². The molecule has 1 saturated carbocycles. The number of benzene rings is 5. The number of phenolic OH excluding ortho intramolecular Hbond substituents is 1. The lowest BCUT2D eigenvalue weighted by Gasteiger charge is -2.50. The van der Waals surface area contributed by atoms with Crippen molar-refractivity contribution >= 4 is 63.7 Å². The minimum absolute atomic E-state index is 0.0325. The molecule has 61 heavy (non-hydrogen) atoms.